The maximum Gasteiger partial charge on any atom is 0.232 e. The number of rotatable bonds is 4. The molecule has 134 valence electrons. The largest absolute Gasteiger partial charge is 0.340 e. The summed E-state index contributed by atoms with van der Waals surface area (Å²) in [7, 11) is 0. The van der Waals surface area contributed by atoms with Crippen molar-refractivity contribution in [1.29, 1.82) is 0 Å². The van der Waals surface area contributed by atoms with E-state index in [0.717, 1.165) is 36.5 Å². The monoisotopic (exact) mass is 390 g/mol. The molecule has 2 N–H and O–H groups in total. The highest BCUT2D eigenvalue weighted by Crippen LogP contribution is 2.16. The lowest BCUT2D eigenvalue weighted by Crippen LogP contribution is -2.46. The van der Waals surface area contributed by atoms with E-state index in [9.17, 15) is 4.79 Å². The third-order valence-electron chi connectivity index (χ3n) is 3.93. The van der Waals surface area contributed by atoms with Gasteiger partial charge in [-0.05, 0) is 31.4 Å². The minimum absolute atomic E-state index is 0. The Kier molecular flexibility index (Phi) is 8.36. The topological polar surface area (TPSA) is 63.6 Å². The van der Waals surface area contributed by atoms with Crippen molar-refractivity contribution in [2.24, 2.45) is 5.73 Å². The molecule has 1 aliphatic heterocycles. The first-order valence-corrected chi connectivity index (χ1v) is 8.82. The van der Waals surface area contributed by atoms with Crippen LogP contribution in [0.2, 0.25) is 0 Å². The summed E-state index contributed by atoms with van der Waals surface area (Å²) in [6.45, 7) is 3.61. The smallest absolute Gasteiger partial charge is 0.232 e. The summed E-state index contributed by atoms with van der Waals surface area (Å²) in [5.74, 6) is 1.45. The molecule has 1 fully saturated rings. The number of amides is 1. The molecule has 24 heavy (non-hydrogen) atoms. The molecule has 2 aromatic heterocycles. The van der Waals surface area contributed by atoms with Gasteiger partial charge in [0.25, 0.3) is 0 Å². The first kappa shape index (κ1) is 21.1. The lowest BCUT2D eigenvalue weighted by molar-refractivity contribution is -0.129. The van der Waals surface area contributed by atoms with Gasteiger partial charge in [0.15, 0.2) is 0 Å². The predicted molar refractivity (Wildman–Crippen MR) is 104 cm³/mol. The highest BCUT2D eigenvalue weighted by atomic mass is 35.5. The summed E-state index contributed by atoms with van der Waals surface area (Å²) in [6.07, 6.45) is 6.15. The van der Waals surface area contributed by atoms with Crippen LogP contribution in [0.4, 0.5) is 0 Å². The van der Waals surface area contributed by atoms with Crippen molar-refractivity contribution in [2.45, 2.75) is 31.6 Å². The average molecular weight is 391 g/mol. The number of aryl methyl sites for hydroxylation is 1. The second-order valence-corrected chi connectivity index (χ2v) is 6.92. The Hall–Kier alpha value is -0.950. The number of carbonyl (C=O) groups is 1. The molecular formula is C16H24Cl2N4OS. The fourth-order valence-electron chi connectivity index (χ4n) is 2.80. The van der Waals surface area contributed by atoms with Gasteiger partial charge in [-0.25, -0.2) is 4.98 Å². The summed E-state index contributed by atoms with van der Waals surface area (Å²) in [5, 5.41) is 0. The Labute approximate surface area is 159 Å². The third-order valence-corrected chi connectivity index (χ3v) is 4.89. The van der Waals surface area contributed by atoms with Crippen LogP contribution in [0.15, 0.2) is 24.5 Å². The first-order valence-electron chi connectivity index (χ1n) is 7.67. The highest BCUT2D eigenvalue weighted by molar-refractivity contribution is 7.99. The van der Waals surface area contributed by atoms with Crippen LogP contribution in [-0.2, 0) is 10.5 Å². The number of carbonyl (C=O) groups excluding carboxylic acids is 1. The first-order chi connectivity index (χ1) is 10.6. The van der Waals surface area contributed by atoms with Crippen LogP contribution < -0.4 is 5.73 Å². The summed E-state index contributed by atoms with van der Waals surface area (Å²) in [5.41, 5.74) is 9.10. The van der Waals surface area contributed by atoms with Gasteiger partial charge in [-0.1, -0.05) is 6.07 Å². The molecule has 0 radical (unpaired) electrons. The molecule has 1 atom stereocenters. The van der Waals surface area contributed by atoms with E-state index in [0.29, 0.717) is 12.3 Å². The maximum absolute atomic E-state index is 12.2. The predicted octanol–water partition coefficient (Wildman–Crippen LogP) is 2.67. The molecule has 3 rings (SSSR count). The summed E-state index contributed by atoms with van der Waals surface area (Å²) < 4.78 is 2.04. The number of nitrogens with zero attached hydrogens (tertiary/aromatic N) is 3. The minimum atomic E-state index is 0. The number of hydrogen-bond donors (Lipinski definition) is 1. The van der Waals surface area contributed by atoms with Crippen LogP contribution >= 0.6 is 36.6 Å². The normalized spacial score (nSPS) is 17.2. The minimum Gasteiger partial charge on any atom is -0.340 e. The van der Waals surface area contributed by atoms with E-state index < -0.39 is 0 Å². The van der Waals surface area contributed by atoms with Gasteiger partial charge >= 0.3 is 0 Å². The Morgan fingerprint density at radius 3 is 2.92 bits per heavy atom. The van der Waals surface area contributed by atoms with E-state index >= 15 is 0 Å². The Morgan fingerprint density at radius 1 is 1.38 bits per heavy atom. The highest BCUT2D eigenvalue weighted by Gasteiger charge is 2.20. The quantitative estimate of drug-likeness (QED) is 0.871. The lowest BCUT2D eigenvalue weighted by Gasteiger charge is -2.30. The van der Waals surface area contributed by atoms with Gasteiger partial charge in [0.1, 0.15) is 5.65 Å². The number of halogens is 2. The Balaban J connectivity index is 0.00000144. The van der Waals surface area contributed by atoms with Crippen LogP contribution in [0.25, 0.3) is 5.65 Å². The fraction of sp³-hybridized carbons (Fsp3) is 0.500. The van der Waals surface area contributed by atoms with E-state index in [4.69, 9.17) is 5.73 Å². The Bertz CT molecular complexity index is 679. The molecule has 1 unspecified atom stereocenters. The number of aromatic nitrogens is 2. The SMILES string of the molecule is Cc1ccc2nc(CSCC(=O)N3CCCC(N)C3)cn2c1.Cl.Cl. The fourth-order valence-corrected chi connectivity index (χ4v) is 3.60. The molecule has 1 amide bonds. The number of nitrogens with two attached hydrogens (primary N) is 1. The lowest BCUT2D eigenvalue weighted by atomic mass is 10.1. The average Bonchev–Trinajstić information content (AvgIpc) is 2.89. The molecule has 0 bridgehead atoms. The van der Waals surface area contributed by atoms with Crippen molar-refractivity contribution in [2.75, 3.05) is 18.8 Å². The van der Waals surface area contributed by atoms with Gasteiger partial charge in [0, 0.05) is 37.3 Å². The van der Waals surface area contributed by atoms with E-state index in [1.165, 1.54) is 5.56 Å². The molecular weight excluding hydrogens is 367 g/mol. The number of fused-ring (bicyclic) bond motifs is 1. The van der Waals surface area contributed by atoms with Gasteiger partial charge in [-0.3, -0.25) is 4.79 Å². The van der Waals surface area contributed by atoms with Crippen LogP contribution in [0, 0.1) is 6.92 Å². The van der Waals surface area contributed by atoms with Crippen molar-refractivity contribution >= 4 is 48.1 Å². The summed E-state index contributed by atoms with van der Waals surface area (Å²) >= 11 is 1.62. The van der Waals surface area contributed by atoms with Gasteiger partial charge in [-0.2, -0.15) is 0 Å². The van der Waals surface area contributed by atoms with Crippen molar-refractivity contribution < 1.29 is 4.79 Å². The van der Waals surface area contributed by atoms with E-state index in [-0.39, 0.29) is 36.8 Å². The molecule has 5 nitrogen and oxygen atoms in total. The molecule has 0 spiro atoms. The molecule has 0 aliphatic carbocycles. The zero-order chi connectivity index (χ0) is 15.5. The zero-order valence-electron chi connectivity index (χ0n) is 13.7. The number of piperidine rings is 1. The van der Waals surface area contributed by atoms with Crippen LogP contribution in [0.3, 0.4) is 0 Å². The molecule has 8 heteroatoms. The molecule has 3 heterocycles. The number of pyridine rings is 1. The number of thioether (sulfide) groups is 1. The molecule has 1 saturated heterocycles. The van der Waals surface area contributed by atoms with Crippen LogP contribution in [0.5, 0.6) is 0 Å². The van der Waals surface area contributed by atoms with E-state index in [2.05, 4.69) is 24.2 Å². The van der Waals surface area contributed by atoms with E-state index in [1.807, 2.05) is 21.6 Å². The Morgan fingerprint density at radius 2 is 2.17 bits per heavy atom. The van der Waals surface area contributed by atoms with Crippen molar-refractivity contribution in [3.05, 3.63) is 35.8 Å². The second-order valence-electron chi connectivity index (χ2n) is 5.94. The molecule has 0 aromatic carbocycles. The standard InChI is InChI=1S/C16H22N4OS.2ClH/c1-12-4-5-15-18-14(9-20(15)7-12)10-22-11-16(21)19-6-2-3-13(17)8-19;;/h4-5,7,9,13H,2-3,6,8,10-11,17H2,1H3;2*1H. The molecule has 2 aromatic rings. The number of likely N-dealkylation sites (tertiary alicyclic amines) is 1. The van der Waals surface area contributed by atoms with Crippen molar-refractivity contribution in [1.82, 2.24) is 14.3 Å². The molecule has 1 aliphatic rings. The second kappa shape index (κ2) is 9.51. The summed E-state index contributed by atoms with van der Waals surface area (Å²) in [6, 6.07) is 4.22. The summed E-state index contributed by atoms with van der Waals surface area (Å²) in [4.78, 5) is 18.6. The molecule has 0 saturated carbocycles. The number of imidazole rings is 1. The van der Waals surface area contributed by atoms with Gasteiger partial charge < -0.3 is 15.0 Å². The van der Waals surface area contributed by atoms with Gasteiger partial charge in [-0.15, -0.1) is 36.6 Å². The maximum atomic E-state index is 12.2. The number of hydrogen-bond acceptors (Lipinski definition) is 4. The van der Waals surface area contributed by atoms with Gasteiger partial charge in [0.2, 0.25) is 5.91 Å². The van der Waals surface area contributed by atoms with Crippen LogP contribution in [-0.4, -0.2) is 45.1 Å². The van der Waals surface area contributed by atoms with Crippen molar-refractivity contribution in [3.8, 4) is 0 Å². The zero-order valence-corrected chi connectivity index (χ0v) is 16.1. The van der Waals surface area contributed by atoms with Crippen LogP contribution in [0.1, 0.15) is 24.1 Å². The third kappa shape index (κ3) is 5.28. The van der Waals surface area contributed by atoms with Crippen molar-refractivity contribution in [3.63, 3.8) is 0 Å². The van der Waals surface area contributed by atoms with E-state index in [1.54, 1.807) is 11.8 Å². The van der Waals surface area contributed by atoms with Gasteiger partial charge in [0.05, 0.1) is 11.4 Å².